The molecular formula is C11H12INO3. The molecule has 4 nitrogen and oxygen atoms in total. The number of carbonyl (C=O) groups excluding carboxylic acids is 1. The first kappa shape index (κ1) is 11.7. The van der Waals surface area contributed by atoms with Crippen molar-refractivity contribution in [1.29, 1.82) is 0 Å². The molecule has 0 spiro atoms. The summed E-state index contributed by atoms with van der Waals surface area (Å²) in [6.45, 7) is 1.34. The zero-order chi connectivity index (χ0) is 11.5. The molecule has 1 saturated heterocycles. The van der Waals surface area contributed by atoms with Crippen molar-refractivity contribution < 1.29 is 14.3 Å². The highest BCUT2D eigenvalue weighted by atomic mass is 127. The Labute approximate surface area is 108 Å². The molecule has 1 aromatic carbocycles. The summed E-state index contributed by atoms with van der Waals surface area (Å²) in [5.74, 6) is 0.757. The van der Waals surface area contributed by atoms with Crippen LogP contribution >= 0.6 is 22.6 Å². The summed E-state index contributed by atoms with van der Waals surface area (Å²) >= 11 is 2.22. The fourth-order valence-corrected chi connectivity index (χ4v) is 2.23. The van der Waals surface area contributed by atoms with E-state index in [1.165, 1.54) is 0 Å². The zero-order valence-electron chi connectivity index (χ0n) is 8.90. The highest BCUT2D eigenvalue weighted by Crippen LogP contribution is 2.28. The minimum atomic E-state index is -0.00239. The Morgan fingerprint density at radius 3 is 3.00 bits per heavy atom. The molecule has 0 saturated carbocycles. The third kappa shape index (κ3) is 2.30. The molecule has 1 aliphatic rings. The van der Waals surface area contributed by atoms with Crippen molar-refractivity contribution in [2.24, 2.45) is 0 Å². The van der Waals surface area contributed by atoms with Crippen LogP contribution in [0.15, 0.2) is 18.2 Å². The molecule has 2 rings (SSSR count). The highest BCUT2D eigenvalue weighted by molar-refractivity contribution is 14.1. The molecule has 1 aromatic rings. The van der Waals surface area contributed by atoms with E-state index in [2.05, 4.69) is 22.6 Å². The number of halogens is 1. The van der Waals surface area contributed by atoms with Crippen LogP contribution in [-0.4, -0.2) is 32.8 Å². The number of anilines is 1. The van der Waals surface area contributed by atoms with E-state index in [0.717, 1.165) is 15.0 Å². The number of carbonyl (C=O) groups is 1. The molecule has 5 heteroatoms. The molecule has 1 heterocycles. The predicted molar refractivity (Wildman–Crippen MR) is 68.9 cm³/mol. The standard InChI is InChI=1S/C11H12INO3/c1-15-8-2-3-9(12)10(6-8)13-4-5-16-7-11(13)14/h2-3,6H,4-5,7H2,1H3. The van der Waals surface area contributed by atoms with Gasteiger partial charge in [0, 0.05) is 16.2 Å². The van der Waals surface area contributed by atoms with Gasteiger partial charge >= 0.3 is 0 Å². The van der Waals surface area contributed by atoms with E-state index in [4.69, 9.17) is 9.47 Å². The maximum Gasteiger partial charge on any atom is 0.253 e. The number of hydrogen-bond acceptors (Lipinski definition) is 3. The second-order valence-electron chi connectivity index (χ2n) is 3.42. The van der Waals surface area contributed by atoms with E-state index in [1.54, 1.807) is 12.0 Å². The zero-order valence-corrected chi connectivity index (χ0v) is 11.1. The molecule has 0 atom stereocenters. The van der Waals surface area contributed by atoms with Crippen LogP contribution in [0.4, 0.5) is 5.69 Å². The first-order valence-corrected chi connectivity index (χ1v) is 6.02. The first-order valence-electron chi connectivity index (χ1n) is 4.94. The minimum Gasteiger partial charge on any atom is -0.497 e. The van der Waals surface area contributed by atoms with Gasteiger partial charge in [0.05, 0.1) is 19.4 Å². The Balaban J connectivity index is 2.33. The van der Waals surface area contributed by atoms with Gasteiger partial charge in [-0.1, -0.05) is 0 Å². The molecule has 0 aliphatic carbocycles. The van der Waals surface area contributed by atoms with Crippen molar-refractivity contribution in [3.05, 3.63) is 21.8 Å². The van der Waals surface area contributed by atoms with Gasteiger partial charge in [0.15, 0.2) is 0 Å². The van der Waals surface area contributed by atoms with Gasteiger partial charge in [0.2, 0.25) is 0 Å². The molecule has 0 bridgehead atoms. The van der Waals surface area contributed by atoms with E-state index in [-0.39, 0.29) is 12.5 Å². The van der Waals surface area contributed by atoms with Crippen LogP contribution < -0.4 is 9.64 Å². The third-order valence-corrected chi connectivity index (χ3v) is 3.34. The van der Waals surface area contributed by atoms with Gasteiger partial charge in [-0.3, -0.25) is 4.79 Å². The predicted octanol–water partition coefficient (Wildman–Crippen LogP) is 1.66. The van der Waals surface area contributed by atoms with Crippen molar-refractivity contribution in [2.45, 2.75) is 0 Å². The maximum atomic E-state index is 11.7. The number of hydrogen-bond donors (Lipinski definition) is 0. The lowest BCUT2D eigenvalue weighted by molar-refractivity contribution is -0.125. The monoisotopic (exact) mass is 333 g/mol. The van der Waals surface area contributed by atoms with Crippen LogP contribution in [0.1, 0.15) is 0 Å². The number of nitrogens with zero attached hydrogens (tertiary/aromatic N) is 1. The number of ether oxygens (including phenoxy) is 2. The molecule has 1 fully saturated rings. The van der Waals surface area contributed by atoms with Gasteiger partial charge in [-0.05, 0) is 34.7 Å². The smallest absolute Gasteiger partial charge is 0.253 e. The van der Waals surface area contributed by atoms with Gasteiger partial charge < -0.3 is 14.4 Å². The van der Waals surface area contributed by atoms with Crippen molar-refractivity contribution in [3.8, 4) is 5.75 Å². The molecule has 86 valence electrons. The van der Waals surface area contributed by atoms with Gasteiger partial charge in [0.1, 0.15) is 12.4 Å². The Hall–Kier alpha value is -0.820. The first-order chi connectivity index (χ1) is 7.72. The Morgan fingerprint density at radius 1 is 1.50 bits per heavy atom. The van der Waals surface area contributed by atoms with Crippen molar-refractivity contribution >= 4 is 34.2 Å². The number of methoxy groups -OCH3 is 1. The van der Waals surface area contributed by atoms with Crippen molar-refractivity contribution in [1.82, 2.24) is 0 Å². The molecule has 0 aromatic heterocycles. The van der Waals surface area contributed by atoms with E-state index < -0.39 is 0 Å². The Morgan fingerprint density at radius 2 is 2.31 bits per heavy atom. The van der Waals surface area contributed by atoms with Gasteiger partial charge in [0.25, 0.3) is 5.91 Å². The summed E-state index contributed by atoms with van der Waals surface area (Å²) in [4.78, 5) is 13.4. The van der Waals surface area contributed by atoms with E-state index >= 15 is 0 Å². The second kappa shape index (κ2) is 5.01. The molecular weight excluding hydrogens is 321 g/mol. The average Bonchev–Trinajstić information content (AvgIpc) is 2.31. The largest absolute Gasteiger partial charge is 0.497 e. The quantitative estimate of drug-likeness (QED) is 0.773. The number of amides is 1. The fraction of sp³-hybridized carbons (Fsp3) is 0.364. The van der Waals surface area contributed by atoms with Crippen LogP contribution in [0, 0.1) is 3.57 Å². The lowest BCUT2D eigenvalue weighted by Gasteiger charge is -2.27. The topological polar surface area (TPSA) is 38.8 Å². The van der Waals surface area contributed by atoms with E-state index in [1.807, 2.05) is 18.2 Å². The molecule has 1 amide bonds. The Kier molecular flexibility index (Phi) is 3.65. The molecule has 0 radical (unpaired) electrons. The number of rotatable bonds is 2. The number of morpholine rings is 1. The van der Waals surface area contributed by atoms with Crippen molar-refractivity contribution in [2.75, 3.05) is 31.8 Å². The lowest BCUT2D eigenvalue weighted by atomic mass is 10.2. The second-order valence-corrected chi connectivity index (χ2v) is 4.58. The number of benzene rings is 1. The summed E-state index contributed by atoms with van der Waals surface area (Å²) < 4.78 is 11.3. The van der Waals surface area contributed by atoms with Gasteiger partial charge in [-0.2, -0.15) is 0 Å². The van der Waals surface area contributed by atoms with Crippen molar-refractivity contribution in [3.63, 3.8) is 0 Å². The third-order valence-electron chi connectivity index (χ3n) is 2.43. The van der Waals surface area contributed by atoms with Gasteiger partial charge in [-0.15, -0.1) is 0 Å². The normalized spacial score (nSPS) is 16.4. The fourth-order valence-electron chi connectivity index (χ4n) is 1.60. The molecule has 1 aliphatic heterocycles. The Bertz CT molecular complexity index is 408. The minimum absolute atomic E-state index is 0.00239. The highest BCUT2D eigenvalue weighted by Gasteiger charge is 2.22. The summed E-state index contributed by atoms with van der Waals surface area (Å²) in [6.07, 6.45) is 0. The molecule has 0 unspecified atom stereocenters. The van der Waals surface area contributed by atoms with Crippen LogP contribution in [0.5, 0.6) is 5.75 Å². The van der Waals surface area contributed by atoms with Crippen LogP contribution in [-0.2, 0) is 9.53 Å². The summed E-state index contributed by atoms with van der Waals surface area (Å²) in [5, 5.41) is 0. The SMILES string of the molecule is COc1ccc(I)c(N2CCOCC2=O)c1. The van der Waals surface area contributed by atoms with Crippen LogP contribution in [0.2, 0.25) is 0 Å². The van der Waals surface area contributed by atoms with Crippen LogP contribution in [0.3, 0.4) is 0 Å². The average molecular weight is 333 g/mol. The summed E-state index contributed by atoms with van der Waals surface area (Å²) in [6, 6.07) is 5.71. The van der Waals surface area contributed by atoms with Gasteiger partial charge in [-0.25, -0.2) is 0 Å². The molecule has 0 N–H and O–H groups in total. The lowest BCUT2D eigenvalue weighted by Crippen LogP contribution is -2.42. The van der Waals surface area contributed by atoms with E-state index in [0.29, 0.717) is 13.2 Å². The van der Waals surface area contributed by atoms with E-state index in [9.17, 15) is 4.79 Å². The molecule has 16 heavy (non-hydrogen) atoms. The summed E-state index contributed by atoms with van der Waals surface area (Å²) in [5.41, 5.74) is 0.897. The maximum absolute atomic E-state index is 11.7. The summed E-state index contributed by atoms with van der Waals surface area (Å²) in [7, 11) is 1.62. The van der Waals surface area contributed by atoms with Crippen LogP contribution in [0.25, 0.3) is 0 Å².